The zero-order valence-electron chi connectivity index (χ0n) is 11.8. The molecule has 20 heavy (non-hydrogen) atoms. The van der Waals surface area contributed by atoms with Crippen LogP contribution in [0.3, 0.4) is 0 Å². The lowest BCUT2D eigenvalue weighted by atomic mass is 10.2. The molecule has 1 aliphatic rings. The number of likely N-dealkylation sites (N-methyl/N-ethyl adjacent to an activating group) is 1. The molecule has 0 unspecified atom stereocenters. The maximum Gasteiger partial charge on any atom is 0.322 e. The Hall–Kier alpha value is -0.970. The first-order chi connectivity index (χ1) is 9.42. The molecule has 1 fully saturated rings. The highest BCUT2D eigenvalue weighted by Crippen LogP contribution is 2.23. The van der Waals surface area contributed by atoms with Gasteiger partial charge in [-0.3, -0.25) is 0 Å². The molecule has 0 atom stereocenters. The smallest absolute Gasteiger partial charge is 0.322 e. The van der Waals surface area contributed by atoms with E-state index in [2.05, 4.69) is 19.3 Å². The Kier molecular flexibility index (Phi) is 4.78. The minimum absolute atomic E-state index is 0.0920. The molecule has 1 aliphatic heterocycles. The summed E-state index contributed by atoms with van der Waals surface area (Å²) >= 11 is 11.8. The van der Waals surface area contributed by atoms with Gasteiger partial charge in [-0.2, -0.15) is 0 Å². The molecule has 110 valence electrons. The number of rotatable bonds is 2. The molecular weight excluding hydrogens is 297 g/mol. The average Bonchev–Trinajstić information content (AvgIpc) is 2.38. The minimum atomic E-state index is -0.0920. The largest absolute Gasteiger partial charge is 0.323 e. The van der Waals surface area contributed by atoms with Gasteiger partial charge in [0.2, 0.25) is 0 Å². The van der Waals surface area contributed by atoms with E-state index in [4.69, 9.17) is 23.2 Å². The Morgan fingerprint density at radius 3 is 2.30 bits per heavy atom. The van der Waals surface area contributed by atoms with Crippen molar-refractivity contribution < 1.29 is 9.28 Å². The number of hydrogen-bond donors (Lipinski definition) is 1. The fourth-order valence-electron chi connectivity index (χ4n) is 2.30. The van der Waals surface area contributed by atoms with Gasteiger partial charge in [0.1, 0.15) is 0 Å². The number of quaternary nitrogens is 1. The van der Waals surface area contributed by atoms with Crippen LogP contribution in [0.25, 0.3) is 0 Å². The normalized spacial score (nSPS) is 17.9. The number of nitrogens with zero attached hydrogens (tertiary/aromatic N) is 2. The predicted octanol–water partition coefficient (Wildman–Crippen LogP) is 3.31. The van der Waals surface area contributed by atoms with Gasteiger partial charge in [-0.25, -0.2) is 4.79 Å². The molecule has 0 aliphatic carbocycles. The van der Waals surface area contributed by atoms with Gasteiger partial charge in [0.25, 0.3) is 0 Å². The van der Waals surface area contributed by atoms with Crippen molar-refractivity contribution in [2.24, 2.45) is 0 Å². The third-order valence-corrected chi connectivity index (χ3v) is 4.42. The van der Waals surface area contributed by atoms with Gasteiger partial charge in [0, 0.05) is 15.7 Å². The number of piperazine rings is 1. The Labute approximate surface area is 129 Å². The lowest BCUT2D eigenvalue weighted by Crippen LogP contribution is -2.58. The SMILES string of the molecule is CC[N+]1(C)CCN(C(=O)Nc2cc(Cl)cc(Cl)c2)CC1. The summed E-state index contributed by atoms with van der Waals surface area (Å²) in [6, 6.07) is 4.94. The van der Waals surface area contributed by atoms with E-state index in [-0.39, 0.29) is 6.03 Å². The number of carbonyl (C=O) groups excluding carboxylic acids is 1. The molecule has 1 N–H and O–H groups in total. The average molecular weight is 317 g/mol. The standard InChI is InChI=1S/C14H19Cl2N3O/c1-3-19(2)6-4-18(5-7-19)14(20)17-13-9-11(15)8-12(16)10-13/h8-10H,3-7H2,1-2H3/p+1. The maximum atomic E-state index is 12.2. The van der Waals surface area contributed by atoms with E-state index in [0.717, 1.165) is 37.2 Å². The molecule has 6 heteroatoms. The van der Waals surface area contributed by atoms with Crippen molar-refractivity contribution in [3.63, 3.8) is 0 Å². The molecule has 0 aromatic heterocycles. The summed E-state index contributed by atoms with van der Waals surface area (Å²) in [4.78, 5) is 14.0. The third-order valence-electron chi connectivity index (χ3n) is 3.98. The van der Waals surface area contributed by atoms with Crippen LogP contribution in [-0.2, 0) is 0 Å². The van der Waals surface area contributed by atoms with Crippen LogP contribution >= 0.6 is 23.2 Å². The fourth-order valence-corrected chi connectivity index (χ4v) is 2.82. The summed E-state index contributed by atoms with van der Waals surface area (Å²) in [5.74, 6) is 0. The van der Waals surface area contributed by atoms with E-state index in [1.54, 1.807) is 18.2 Å². The van der Waals surface area contributed by atoms with Gasteiger partial charge in [0.05, 0.1) is 39.8 Å². The van der Waals surface area contributed by atoms with E-state index in [0.29, 0.717) is 15.7 Å². The summed E-state index contributed by atoms with van der Waals surface area (Å²) in [5, 5.41) is 3.88. The van der Waals surface area contributed by atoms with Crippen LogP contribution in [0.5, 0.6) is 0 Å². The molecular formula is C14H20Cl2N3O+. The van der Waals surface area contributed by atoms with E-state index < -0.39 is 0 Å². The predicted molar refractivity (Wildman–Crippen MR) is 83.5 cm³/mol. The Balaban J connectivity index is 1.96. The molecule has 1 aromatic rings. The molecule has 4 nitrogen and oxygen atoms in total. The second-order valence-electron chi connectivity index (χ2n) is 5.46. The van der Waals surface area contributed by atoms with Crippen LogP contribution in [0.4, 0.5) is 10.5 Å². The molecule has 2 rings (SSSR count). The van der Waals surface area contributed by atoms with Crippen molar-refractivity contribution in [3.05, 3.63) is 28.2 Å². The molecule has 0 saturated carbocycles. The first kappa shape index (κ1) is 15.4. The number of urea groups is 1. The molecule has 0 spiro atoms. The third kappa shape index (κ3) is 3.78. The highest BCUT2D eigenvalue weighted by Gasteiger charge is 2.29. The summed E-state index contributed by atoms with van der Waals surface area (Å²) in [7, 11) is 2.23. The fraction of sp³-hybridized carbons (Fsp3) is 0.500. The lowest BCUT2D eigenvalue weighted by molar-refractivity contribution is -0.911. The van der Waals surface area contributed by atoms with Crippen LogP contribution < -0.4 is 5.32 Å². The number of benzene rings is 1. The first-order valence-corrected chi connectivity index (χ1v) is 7.53. The monoisotopic (exact) mass is 316 g/mol. The highest BCUT2D eigenvalue weighted by molar-refractivity contribution is 6.35. The van der Waals surface area contributed by atoms with Gasteiger partial charge in [-0.05, 0) is 25.1 Å². The molecule has 1 saturated heterocycles. The number of nitrogens with one attached hydrogen (secondary N) is 1. The highest BCUT2D eigenvalue weighted by atomic mass is 35.5. The molecule has 0 bridgehead atoms. The summed E-state index contributed by atoms with van der Waals surface area (Å²) < 4.78 is 1.02. The molecule has 0 radical (unpaired) electrons. The van der Waals surface area contributed by atoms with Crippen LogP contribution in [0.2, 0.25) is 10.0 Å². The summed E-state index contributed by atoms with van der Waals surface area (Å²) in [5.41, 5.74) is 0.630. The van der Waals surface area contributed by atoms with Crippen LogP contribution in [0, 0.1) is 0 Å². The molecule has 1 aromatic carbocycles. The number of anilines is 1. The Morgan fingerprint density at radius 1 is 1.25 bits per heavy atom. The Morgan fingerprint density at radius 2 is 1.80 bits per heavy atom. The zero-order valence-corrected chi connectivity index (χ0v) is 13.3. The molecule has 2 amide bonds. The second kappa shape index (κ2) is 6.20. The zero-order chi connectivity index (χ0) is 14.8. The number of amides is 2. The van der Waals surface area contributed by atoms with Gasteiger partial charge < -0.3 is 14.7 Å². The van der Waals surface area contributed by atoms with Gasteiger partial charge in [-0.15, -0.1) is 0 Å². The van der Waals surface area contributed by atoms with Gasteiger partial charge >= 0.3 is 6.03 Å². The topological polar surface area (TPSA) is 32.3 Å². The van der Waals surface area contributed by atoms with Gasteiger partial charge in [-0.1, -0.05) is 23.2 Å². The van der Waals surface area contributed by atoms with E-state index >= 15 is 0 Å². The van der Waals surface area contributed by atoms with Crippen LogP contribution in [-0.4, -0.2) is 55.2 Å². The first-order valence-electron chi connectivity index (χ1n) is 6.77. The van der Waals surface area contributed by atoms with Crippen molar-refractivity contribution in [3.8, 4) is 0 Å². The number of halogens is 2. The number of carbonyl (C=O) groups is 1. The van der Waals surface area contributed by atoms with Crippen molar-refractivity contribution in [1.82, 2.24) is 4.90 Å². The lowest BCUT2D eigenvalue weighted by Gasteiger charge is -2.41. The second-order valence-corrected chi connectivity index (χ2v) is 6.33. The summed E-state index contributed by atoms with van der Waals surface area (Å²) in [6.45, 7) is 6.79. The van der Waals surface area contributed by atoms with Crippen molar-refractivity contribution in [2.75, 3.05) is 45.1 Å². The van der Waals surface area contributed by atoms with Crippen molar-refractivity contribution in [2.45, 2.75) is 6.92 Å². The van der Waals surface area contributed by atoms with Gasteiger partial charge in [0.15, 0.2) is 0 Å². The number of hydrogen-bond acceptors (Lipinski definition) is 1. The Bertz CT molecular complexity index is 479. The summed E-state index contributed by atoms with van der Waals surface area (Å²) in [6.07, 6.45) is 0. The van der Waals surface area contributed by atoms with Crippen LogP contribution in [0.1, 0.15) is 6.92 Å². The van der Waals surface area contributed by atoms with Crippen molar-refractivity contribution in [1.29, 1.82) is 0 Å². The van der Waals surface area contributed by atoms with E-state index in [1.807, 2.05) is 4.90 Å². The van der Waals surface area contributed by atoms with E-state index in [1.165, 1.54) is 0 Å². The maximum absolute atomic E-state index is 12.2. The van der Waals surface area contributed by atoms with E-state index in [9.17, 15) is 4.79 Å². The minimum Gasteiger partial charge on any atom is -0.323 e. The quantitative estimate of drug-likeness (QED) is 0.834. The van der Waals surface area contributed by atoms with Crippen LogP contribution in [0.15, 0.2) is 18.2 Å². The van der Waals surface area contributed by atoms with Crippen molar-refractivity contribution >= 4 is 34.9 Å². The molecule has 1 heterocycles.